The van der Waals surface area contributed by atoms with Gasteiger partial charge in [0.15, 0.2) is 0 Å². The number of nitrogens with zero attached hydrogens (tertiary/aromatic N) is 2. The molecule has 2 aromatic rings. The van der Waals surface area contributed by atoms with Crippen LogP contribution in [-0.4, -0.2) is 22.0 Å². The number of aryl methyl sites for hydroxylation is 1. The summed E-state index contributed by atoms with van der Waals surface area (Å²) in [5, 5.41) is 6.13. The van der Waals surface area contributed by atoms with E-state index in [2.05, 4.69) is 10.5 Å². The Kier molecular flexibility index (Phi) is 3.39. The Balaban J connectivity index is 1.95. The van der Waals surface area contributed by atoms with E-state index in [1.807, 2.05) is 0 Å². The van der Waals surface area contributed by atoms with Gasteiger partial charge in [0, 0.05) is 11.6 Å². The van der Waals surface area contributed by atoms with E-state index in [9.17, 15) is 18.4 Å². The molecule has 23 heavy (non-hydrogen) atoms. The normalized spacial score (nSPS) is 21.0. The number of halogens is 2. The molecule has 0 saturated carbocycles. The number of imide groups is 1. The van der Waals surface area contributed by atoms with Crippen molar-refractivity contribution < 1.29 is 22.9 Å². The maximum absolute atomic E-state index is 14.0. The Bertz CT molecular complexity index is 805. The molecule has 1 N–H and O–H groups in total. The lowest BCUT2D eigenvalue weighted by molar-refractivity contribution is -0.131. The Morgan fingerprint density at radius 2 is 2.04 bits per heavy atom. The van der Waals surface area contributed by atoms with Crippen LogP contribution in [0.1, 0.15) is 23.9 Å². The van der Waals surface area contributed by atoms with Crippen molar-refractivity contribution in [2.24, 2.45) is 0 Å². The quantitative estimate of drug-likeness (QED) is 0.880. The van der Waals surface area contributed by atoms with Gasteiger partial charge in [-0.25, -0.2) is 13.6 Å². The summed E-state index contributed by atoms with van der Waals surface area (Å²) < 4.78 is 32.3. The van der Waals surface area contributed by atoms with Crippen LogP contribution in [-0.2, 0) is 16.9 Å². The summed E-state index contributed by atoms with van der Waals surface area (Å²) in [7, 11) is 0. The van der Waals surface area contributed by atoms with Gasteiger partial charge in [-0.05, 0) is 32.0 Å². The molecule has 1 atom stereocenters. The highest BCUT2D eigenvalue weighted by Gasteiger charge is 2.50. The number of carbonyl (C=O) groups excluding carboxylic acids is 2. The second-order valence-electron chi connectivity index (χ2n) is 5.50. The topological polar surface area (TPSA) is 75.4 Å². The molecule has 0 radical (unpaired) electrons. The Morgan fingerprint density at radius 3 is 2.70 bits per heavy atom. The highest BCUT2D eigenvalue weighted by molar-refractivity contribution is 6.07. The number of benzene rings is 1. The third-order valence-corrected chi connectivity index (χ3v) is 3.74. The molecule has 0 aliphatic carbocycles. The van der Waals surface area contributed by atoms with Crippen molar-refractivity contribution in [1.29, 1.82) is 0 Å². The largest absolute Gasteiger partial charge is 0.361 e. The van der Waals surface area contributed by atoms with Gasteiger partial charge in [0.25, 0.3) is 5.91 Å². The number of urea groups is 1. The molecule has 3 amide bonds. The van der Waals surface area contributed by atoms with E-state index in [4.69, 9.17) is 4.52 Å². The van der Waals surface area contributed by atoms with E-state index in [0.717, 1.165) is 23.1 Å². The maximum Gasteiger partial charge on any atom is 0.325 e. The molecule has 6 nitrogen and oxygen atoms in total. The average Bonchev–Trinajstić information content (AvgIpc) is 2.99. The van der Waals surface area contributed by atoms with E-state index in [-0.39, 0.29) is 12.1 Å². The number of rotatable bonds is 3. The summed E-state index contributed by atoms with van der Waals surface area (Å²) in [6.45, 7) is 2.89. The van der Waals surface area contributed by atoms with Crippen LogP contribution >= 0.6 is 0 Å². The van der Waals surface area contributed by atoms with Crippen LogP contribution < -0.4 is 5.32 Å². The number of nitrogens with one attached hydrogen (secondary N) is 1. The van der Waals surface area contributed by atoms with Crippen molar-refractivity contribution >= 4 is 11.9 Å². The number of hydrogen-bond acceptors (Lipinski definition) is 4. The molecule has 8 heteroatoms. The first-order valence-electron chi connectivity index (χ1n) is 6.83. The standard InChI is InChI=1S/C15H13F2N3O3/c1-8-5-10(19-23-8)7-20-13(21)15(2,18-14(20)22)11-6-9(16)3-4-12(11)17/h3-6H,7H2,1-2H3,(H,18,22)/t15-/m1/s1. The minimum absolute atomic E-state index is 0.117. The van der Waals surface area contributed by atoms with Crippen LogP contribution in [0.25, 0.3) is 0 Å². The predicted molar refractivity (Wildman–Crippen MR) is 74.0 cm³/mol. The third kappa shape index (κ3) is 2.45. The highest BCUT2D eigenvalue weighted by atomic mass is 19.1. The lowest BCUT2D eigenvalue weighted by atomic mass is 9.91. The van der Waals surface area contributed by atoms with E-state index in [0.29, 0.717) is 11.5 Å². The molecule has 2 heterocycles. The fourth-order valence-electron chi connectivity index (χ4n) is 2.56. The lowest BCUT2D eigenvalue weighted by Gasteiger charge is -2.22. The summed E-state index contributed by atoms with van der Waals surface area (Å²) in [5.41, 5.74) is -1.52. The van der Waals surface area contributed by atoms with Gasteiger partial charge in [0.05, 0.1) is 6.54 Å². The summed E-state index contributed by atoms with van der Waals surface area (Å²) in [5.74, 6) is -1.63. The molecule has 1 saturated heterocycles. The lowest BCUT2D eigenvalue weighted by Crippen LogP contribution is -2.41. The average molecular weight is 321 g/mol. The minimum atomic E-state index is -1.68. The van der Waals surface area contributed by atoms with Gasteiger partial charge in [0.2, 0.25) is 0 Å². The zero-order valence-electron chi connectivity index (χ0n) is 12.4. The Morgan fingerprint density at radius 1 is 1.30 bits per heavy atom. The first-order valence-corrected chi connectivity index (χ1v) is 6.83. The molecular formula is C15H13F2N3O3. The second-order valence-corrected chi connectivity index (χ2v) is 5.50. The second kappa shape index (κ2) is 5.15. The van der Waals surface area contributed by atoms with Gasteiger partial charge in [-0.15, -0.1) is 0 Å². The summed E-state index contributed by atoms with van der Waals surface area (Å²) in [6, 6.07) is 3.64. The van der Waals surface area contributed by atoms with Gasteiger partial charge >= 0.3 is 6.03 Å². The summed E-state index contributed by atoms with van der Waals surface area (Å²) in [4.78, 5) is 25.6. The van der Waals surface area contributed by atoms with Crippen LogP contribution in [0.3, 0.4) is 0 Å². The summed E-state index contributed by atoms with van der Waals surface area (Å²) in [6.07, 6.45) is 0. The van der Waals surface area contributed by atoms with Crippen molar-refractivity contribution in [3.8, 4) is 0 Å². The first kappa shape index (κ1) is 15.1. The third-order valence-electron chi connectivity index (χ3n) is 3.74. The van der Waals surface area contributed by atoms with Crippen LogP contribution in [0.2, 0.25) is 0 Å². The van der Waals surface area contributed by atoms with Crippen LogP contribution in [0.5, 0.6) is 0 Å². The molecule has 0 unspecified atom stereocenters. The van der Waals surface area contributed by atoms with Crippen molar-refractivity contribution in [2.75, 3.05) is 0 Å². The molecule has 1 fully saturated rings. The molecule has 120 valence electrons. The zero-order chi connectivity index (χ0) is 16.8. The Hall–Kier alpha value is -2.77. The molecule has 1 aromatic carbocycles. The number of amides is 3. The molecule has 1 aromatic heterocycles. The SMILES string of the molecule is Cc1cc(CN2C(=O)N[C@](C)(c3cc(F)ccc3F)C2=O)no1. The van der Waals surface area contributed by atoms with Gasteiger partial charge < -0.3 is 9.84 Å². The van der Waals surface area contributed by atoms with Crippen molar-refractivity contribution in [2.45, 2.75) is 25.9 Å². The molecule has 1 aliphatic rings. The minimum Gasteiger partial charge on any atom is -0.361 e. The predicted octanol–water partition coefficient (Wildman–Crippen LogP) is 2.23. The molecule has 1 aliphatic heterocycles. The van der Waals surface area contributed by atoms with Gasteiger partial charge in [-0.2, -0.15) is 0 Å². The van der Waals surface area contributed by atoms with Crippen molar-refractivity contribution in [3.63, 3.8) is 0 Å². The van der Waals surface area contributed by atoms with Gasteiger partial charge in [0.1, 0.15) is 28.6 Å². The first-order chi connectivity index (χ1) is 10.8. The van der Waals surface area contributed by atoms with Crippen LogP contribution in [0, 0.1) is 18.6 Å². The molecule has 0 spiro atoms. The molecule has 0 bridgehead atoms. The van der Waals surface area contributed by atoms with Crippen molar-refractivity contribution in [3.05, 3.63) is 52.9 Å². The zero-order valence-corrected chi connectivity index (χ0v) is 12.4. The number of aromatic nitrogens is 1. The van der Waals surface area contributed by atoms with Crippen molar-refractivity contribution in [1.82, 2.24) is 15.4 Å². The van der Waals surface area contributed by atoms with Crippen LogP contribution in [0.4, 0.5) is 13.6 Å². The molecular weight excluding hydrogens is 308 g/mol. The van der Waals surface area contributed by atoms with E-state index < -0.39 is 29.1 Å². The van der Waals surface area contributed by atoms with Gasteiger partial charge in [-0.3, -0.25) is 9.69 Å². The fourth-order valence-corrected chi connectivity index (χ4v) is 2.56. The molecule has 3 rings (SSSR count). The fraction of sp³-hybridized carbons (Fsp3) is 0.267. The smallest absolute Gasteiger partial charge is 0.325 e. The van der Waals surface area contributed by atoms with E-state index in [1.165, 1.54) is 6.92 Å². The van der Waals surface area contributed by atoms with E-state index in [1.54, 1.807) is 13.0 Å². The Labute approximate surface area is 130 Å². The number of carbonyl (C=O) groups is 2. The van der Waals surface area contributed by atoms with Crippen LogP contribution in [0.15, 0.2) is 28.8 Å². The van der Waals surface area contributed by atoms with Gasteiger partial charge in [-0.1, -0.05) is 5.16 Å². The maximum atomic E-state index is 14.0. The highest BCUT2D eigenvalue weighted by Crippen LogP contribution is 2.31. The number of hydrogen-bond donors (Lipinski definition) is 1. The van der Waals surface area contributed by atoms with E-state index >= 15 is 0 Å². The summed E-state index contributed by atoms with van der Waals surface area (Å²) >= 11 is 0. The monoisotopic (exact) mass is 321 g/mol.